The Bertz CT molecular complexity index is 607. The van der Waals surface area contributed by atoms with E-state index in [2.05, 4.69) is 36.5 Å². The van der Waals surface area contributed by atoms with Crippen LogP contribution in [0.5, 0.6) is 0 Å². The maximum absolute atomic E-state index is 12.4. The Balaban J connectivity index is 1.68. The molecule has 1 heterocycles. The third-order valence-electron chi connectivity index (χ3n) is 4.66. The molecule has 144 valence electrons. The summed E-state index contributed by atoms with van der Waals surface area (Å²) in [5, 5.41) is 3.05. The van der Waals surface area contributed by atoms with Gasteiger partial charge >= 0.3 is 0 Å². The van der Waals surface area contributed by atoms with Crippen molar-refractivity contribution < 1.29 is 9.59 Å². The average molecular weight is 377 g/mol. The lowest BCUT2D eigenvalue weighted by atomic mass is 9.91. The molecule has 0 radical (unpaired) electrons. The molecule has 1 aliphatic rings. The highest BCUT2D eigenvalue weighted by Crippen LogP contribution is 2.23. The summed E-state index contributed by atoms with van der Waals surface area (Å²) in [6, 6.07) is 8.57. The van der Waals surface area contributed by atoms with Gasteiger partial charge in [0, 0.05) is 36.6 Å². The van der Waals surface area contributed by atoms with Crippen molar-refractivity contribution >= 4 is 23.6 Å². The molecule has 0 bridgehead atoms. The zero-order valence-corrected chi connectivity index (χ0v) is 17.3. The van der Waals surface area contributed by atoms with Gasteiger partial charge in [0.1, 0.15) is 0 Å². The molecule has 0 aliphatic carbocycles. The van der Waals surface area contributed by atoms with Crippen LogP contribution in [0, 0.1) is 18.3 Å². The van der Waals surface area contributed by atoms with Gasteiger partial charge in [-0.3, -0.25) is 9.59 Å². The van der Waals surface area contributed by atoms with Crippen molar-refractivity contribution in [3.63, 3.8) is 0 Å². The van der Waals surface area contributed by atoms with E-state index < -0.39 is 0 Å². The molecule has 1 N–H and O–H groups in total. The van der Waals surface area contributed by atoms with E-state index in [1.165, 1.54) is 11.1 Å². The van der Waals surface area contributed by atoms with Crippen LogP contribution in [0.15, 0.2) is 24.3 Å². The third-order valence-corrected chi connectivity index (χ3v) is 5.69. The number of likely N-dealkylation sites (tertiary alicyclic amines) is 1. The molecule has 1 unspecified atom stereocenters. The molecule has 1 aliphatic heterocycles. The first kappa shape index (κ1) is 20.8. The molecule has 0 aromatic heterocycles. The first-order valence-corrected chi connectivity index (χ1v) is 10.6. The number of piperidine rings is 1. The Kier molecular flexibility index (Phi) is 7.56. The zero-order valence-electron chi connectivity index (χ0n) is 16.5. The highest BCUT2D eigenvalue weighted by atomic mass is 32.2. The fraction of sp³-hybridized carbons (Fsp3) is 0.619. The maximum atomic E-state index is 12.4. The van der Waals surface area contributed by atoms with E-state index in [1.54, 1.807) is 0 Å². The van der Waals surface area contributed by atoms with Crippen molar-refractivity contribution in [1.29, 1.82) is 0 Å². The van der Waals surface area contributed by atoms with E-state index in [0.29, 0.717) is 13.1 Å². The number of carbonyl (C=O) groups is 2. The summed E-state index contributed by atoms with van der Waals surface area (Å²) in [5.41, 5.74) is 2.21. The highest BCUT2D eigenvalue weighted by Gasteiger charge is 2.33. The Hall–Kier alpha value is -1.49. The first-order valence-electron chi connectivity index (χ1n) is 9.48. The quantitative estimate of drug-likeness (QED) is 0.771. The van der Waals surface area contributed by atoms with Crippen LogP contribution in [-0.2, 0) is 15.3 Å². The van der Waals surface area contributed by atoms with E-state index in [0.717, 1.165) is 30.9 Å². The molecule has 1 atom stereocenters. The summed E-state index contributed by atoms with van der Waals surface area (Å²) < 4.78 is 0. The lowest BCUT2D eigenvalue weighted by Gasteiger charge is -2.35. The SMILES string of the molecule is Cc1ccc(CSCCNC(=O)C2CCCN(C(=O)C(C)(C)C)C2)cc1. The number of aryl methyl sites for hydroxylation is 1. The number of nitrogens with zero attached hydrogens (tertiary/aromatic N) is 1. The fourth-order valence-electron chi connectivity index (χ4n) is 3.12. The van der Waals surface area contributed by atoms with E-state index in [4.69, 9.17) is 0 Å². The molecule has 5 heteroatoms. The standard InChI is InChI=1S/C21H32N2O2S/c1-16-7-9-17(10-8-16)15-26-13-11-22-19(24)18-6-5-12-23(14-18)20(25)21(2,3)4/h7-10,18H,5-6,11-15H2,1-4H3,(H,22,24). The Morgan fingerprint density at radius 1 is 1.23 bits per heavy atom. The summed E-state index contributed by atoms with van der Waals surface area (Å²) in [6.45, 7) is 9.90. The number of benzene rings is 1. The molecule has 4 nitrogen and oxygen atoms in total. The lowest BCUT2D eigenvalue weighted by Crippen LogP contribution is -2.48. The first-order chi connectivity index (χ1) is 12.3. The Morgan fingerprint density at radius 3 is 2.58 bits per heavy atom. The molecule has 1 aromatic carbocycles. The second-order valence-corrected chi connectivity index (χ2v) is 9.27. The van der Waals surface area contributed by atoms with E-state index in [1.807, 2.05) is 37.4 Å². The van der Waals surface area contributed by atoms with Gasteiger partial charge in [-0.05, 0) is 25.3 Å². The van der Waals surface area contributed by atoms with Gasteiger partial charge in [-0.2, -0.15) is 11.8 Å². The third kappa shape index (κ3) is 6.35. The summed E-state index contributed by atoms with van der Waals surface area (Å²) >= 11 is 1.83. The molecule has 0 saturated carbocycles. The van der Waals surface area contributed by atoms with Gasteiger partial charge in [0.15, 0.2) is 0 Å². The molecule has 2 amide bonds. The van der Waals surface area contributed by atoms with Crippen molar-refractivity contribution in [1.82, 2.24) is 10.2 Å². The predicted molar refractivity (Wildman–Crippen MR) is 109 cm³/mol. The fourth-order valence-corrected chi connectivity index (χ4v) is 3.93. The van der Waals surface area contributed by atoms with Crippen LogP contribution in [0.2, 0.25) is 0 Å². The number of amides is 2. The molecular formula is C21H32N2O2S. The van der Waals surface area contributed by atoms with E-state index >= 15 is 0 Å². The molecule has 2 rings (SSSR count). The van der Waals surface area contributed by atoms with Crippen LogP contribution in [0.4, 0.5) is 0 Å². The van der Waals surface area contributed by atoms with Crippen LogP contribution in [0.25, 0.3) is 0 Å². The summed E-state index contributed by atoms with van der Waals surface area (Å²) in [4.78, 5) is 26.7. The van der Waals surface area contributed by atoms with Gasteiger partial charge in [-0.15, -0.1) is 0 Å². The number of nitrogens with one attached hydrogen (secondary N) is 1. The Labute approximate surface area is 162 Å². The summed E-state index contributed by atoms with van der Waals surface area (Å²) in [6.07, 6.45) is 1.78. The number of thioether (sulfide) groups is 1. The summed E-state index contributed by atoms with van der Waals surface area (Å²) in [7, 11) is 0. The molecule has 1 saturated heterocycles. The number of carbonyl (C=O) groups excluding carboxylic acids is 2. The van der Waals surface area contributed by atoms with Crippen molar-refractivity contribution in [2.45, 2.75) is 46.3 Å². The second kappa shape index (κ2) is 9.45. The maximum Gasteiger partial charge on any atom is 0.227 e. The van der Waals surface area contributed by atoms with Crippen molar-refractivity contribution in [2.75, 3.05) is 25.4 Å². The minimum absolute atomic E-state index is 0.0721. The molecule has 1 aromatic rings. The van der Waals surface area contributed by atoms with Crippen molar-refractivity contribution in [2.24, 2.45) is 11.3 Å². The zero-order chi connectivity index (χ0) is 19.2. The number of hydrogen-bond acceptors (Lipinski definition) is 3. The van der Waals surface area contributed by atoms with Gasteiger partial charge < -0.3 is 10.2 Å². The van der Waals surface area contributed by atoms with Crippen molar-refractivity contribution in [3.05, 3.63) is 35.4 Å². The van der Waals surface area contributed by atoms with Crippen LogP contribution in [-0.4, -0.2) is 42.1 Å². The van der Waals surface area contributed by atoms with Crippen LogP contribution in [0.1, 0.15) is 44.7 Å². The van der Waals surface area contributed by atoms with Crippen LogP contribution < -0.4 is 5.32 Å². The topological polar surface area (TPSA) is 49.4 Å². The molecule has 1 fully saturated rings. The highest BCUT2D eigenvalue weighted by molar-refractivity contribution is 7.98. The second-order valence-electron chi connectivity index (χ2n) is 8.17. The van der Waals surface area contributed by atoms with Crippen LogP contribution in [0.3, 0.4) is 0 Å². The molecular weight excluding hydrogens is 344 g/mol. The van der Waals surface area contributed by atoms with Gasteiger partial charge in [0.05, 0.1) is 5.92 Å². The van der Waals surface area contributed by atoms with Crippen molar-refractivity contribution in [3.8, 4) is 0 Å². The minimum Gasteiger partial charge on any atom is -0.355 e. The normalized spacial score (nSPS) is 17.8. The average Bonchev–Trinajstić information content (AvgIpc) is 2.61. The van der Waals surface area contributed by atoms with Crippen LogP contribution >= 0.6 is 11.8 Å². The van der Waals surface area contributed by atoms with Gasteiger partial charge in [0.2, 0.25) is 11.8 Å². The monoisotopic (exact) mass is 376 g/mol. The largest absolute Gasteiger partial charge is 0.355 e. The summed E-state index contributed by atoms with van der Waals surface area (Å²) in [5.74, 6) is 2.03. The predicted octanol–water partition coefficient (Wildman–Crippen LogP) is 3.63. The Morgan fingerprint density at radius 2 is 1.92 bits per heavy atom. The van der Waals surface area contributed by atoms with Gasteiger partial charge in [-0.25, -0.2) is 0 Å². The molecule has 26 heavy (non-hydrogen) atoms. The molecule has 0 spiro atoms. The smallest absolute Gasteiger partial charge is 0.227 e. The number of rotatable bonds is 6. The van der Waals surface area contributed by atoms with Gasteiger partial charge in [0.25, 0.3) is 0 Å². The van der Waals surface area contributed by atoms with E-state index in [-0.39, 0.29) is 23.1 Å². The number of hydrogen-bond donors (Lipinski definition) is 1. The lowest BCUT2D eigenvalue weighted by molar-refractivity contribution is -0.142. The minimum atomic E-state index is -0.384. The van der Waals surface area contributed by atoms with E-state index in [9.17, 15) is 9.59 Å². The van der Waals surface area contributed by atoms with Gasteiger partial charge in [-0.1, -0.05) is 50.6 Å².